The third-order valence-electron chi connectivity index (χ3n) is 2.91. The smallest absolute Gasteiger partial charge is 0.138 e. The first-order chi connectivity index (χ1) is 8.81. The van der Waals surface area contributed by atoms with E-state index in [0.717, 1.165) is 37.7 Å². The van der Waals surface area contributed by atoms with Crippen molar-refractivity contribution >= 4 is 11.5 Å². The predicted octanol–water partition coefficient (Wildman–Crippen LogP) is 1.32. The van der Waals surface area contributed by atoms with E-state index in [0.29, 0.717) is 0 Å². The summed E-state index contributed by atoms with van der Waals surface area (Å²) in [5.74, 6) is 1.07. The molecular formula is C13H20N4O. The number of imidazole rings is 1. The lowest BCUT2D eigenvalue weighted by molar-refractivity contribution is 0.163. The fraction of sp³-hybridized carbons (Fsp3) is 0.462. The number of pyridine rings is 1. The van der Waals surface area contributed by atoms with Crippen molar-refractivity contribution < 1.29 is 4.74 Å². The van der Waals surface area contributed by atoms with Crippen LogP contribution in [0.5, 0.6) is 0 Å². The minimum absolute atomic E-state index is 0.771. The number of fused-ring (bicyclic) bond motifs is 1. The largest absolute Gasteiger partial charge is 0.383 e. The van der Waals surface area contributed by atoms with Gasteiger partial charge in [0.25, 0.3) is 0 Å². The third-order valence-corrected chi connectivity index (χ3v) is 2.91. The van der Waals surface area contributed by atoms with Gasteiger partial charge >= 0.3 is 0 Å². The quantitative estimate of drug-likeness (QED) is 0.802. The summed E-state index contributed by atoms with van der Waals surface area (Å²) in [6.45, 7) is 3.60. The lowest BCUT2D eigenvalue weighted by Gasteiger charge is -2.17. The maximum atomic E-state index is 5.05. The van der Waals surface area contributed by atoms with Crippen LogP contribution in [-0.2, 0) is 4.74 Å². The van der Waals surface area contributed by atoms with E-state index < -0.39 is 0 Å². The van der Waals surface area contributed by atoms with Crippen molar-refractivity contribution in [3.63, 3.8) is 0 Å². The van der Waals surface area contributed by atoms with Gasteiger partial charge < -0.3 is 15.0 Å². The summed E-state index contributed by atoms with van der Waals surface area (Å²) in [5, 5.41) is 3.42. The highest BCUT2D eigenvalue weighted by Gasteiger charge is 2.01. The second-order valence-electron chi connectivity index (χ2n) is 4.29. The number of hydrogen-bond donors (Lipinski definition) is 1. The van der Waals surface area contributed by atoms with Gasteiger partial charge in [-0.3, -0.25) is 4.40 Å². The fourth-order valence-electron chi connectivity index (χ4n) is 1.83. The van der Waals surface area contributed by atoms with Crippen LogP contribution in [0.1, 0.15) is 0 Å². The van der Waals surface area contributed by atoms with Crippen LogP contribution in [0.4, 0.5) is 5.82 Å². The van der Waals surface area contributed by atoms with Crippen LogP contribution in [-0.4, -0.2) is 54.7 Å². The SMILES string of the molecule is COCCN(C)CCNc1cccc2nccn12. The van der Waals surface area contributed by atoms with Gasteiger partial charge in [-0.05, 0) is 19.2 Å². The standard InChI is InChI=1S/C13H20N4O/c1-16(10-11-18-2)8-6-14-12-4-3-5-13-15-7-9-17(12)13/h3-5,7,9,14H,6,8,10-11H2,1-2H3. The zero-order valence-corrected chi connectivity index (χ0v) is 11.0. The van der Waals surface area contributed by atoms with Crippen LogP contribution in [0.2, 0.25) is 0 Å². The van der Waals surface area contributed by atoms with E-state index in [1.54, 1.807) is 7.11 Å². The van der Waals surface area contributed by atoms with Gasteiger partial charge in [-0.25, -0.2) is 4.98 Å². The normalized spacial score (nSPS) is 11.3. The summed E-state index contributed by atoms with van der Waals surface area (Å²) in [7, 11) is 3.82. The first kappa shape index (κ1) is 12.9. The van der Waals surface area contributed by atoms with E-state index >= 15 is 0 Å². The Hall–Kier alpha value is -1.59. The summed E-state index contributed by atoms with van der Waals surface area (Å²) >= 11 is 0. The van der Waals surface area contributed by atoms with E-state index in [1.165, 1.54) is 0 Å². The molecule has 0 aromatic carbocycles. The highest BCUT2D eigenvalue weighted by molar-refractivity contribution is 5.49. The summed E-state index contributed by atoms with van der Waals surface area (Å²) in [6, 6.07) is 6.07. The average Bonchev–Trinajstić information content (AvgIpc) is 2.85. The monoisotopic (exact) mass is 248 g/mol. The predicted molar refractivity (Wildman–Crippen MR) is 73.1 cm³/mol. The van der Waals surface area contributed by atoms with E-state index in [-0.39, 0.29) is 0 Å². The molecule has 18 heavy (non-hydrogen) atoms. The molecule has 2 aromatic heterocycles. The molecule has 1 N–H and O–H groups in total. The van der Waals surface area contributed by atoms with Gasteiger partial charge in [0.2, 0.25) is 0 Å². The van der Waals surface area contributed by atoms with Gasteiger partial charge in [0, 0.05) is 39.1 Å². The van der Waals surface area contributed by atoms with Crippen molar-refractivity contribution in [1.29, 1.82) is 0 Å². The van der Waals surface area contributed by atoms with Crippen molar-refractivity contribution in [3.05, 3.63) is 30.6 Å². The van der Waals surface area contributed by atoms with Crippen molar-refractivity contribution in [2.75, 3.05) is 45.7 Å². The van der Waals surface area contributed by atoms with Gasteiger partial charge in [0.05, 0.1) is 6.61 Å². The van der Waals surface area contributed by atoms with Crippen LogP contribution >= 0.6 is 0 Å². The van der Waals surface area contributed by atoms with Crippen molar-refractivity contribution in [1.82, 2.24) is 14.3 Å². The number of nitrogens with zero attached hydrogens (tertiary/aromatic N) is 3. The minimum atomic E-state index is 0.771. The number of anilines is 1. The molecule has 5 nitrogen and oxygen atoms in total. The second-order valence-corrected chi connectivity index (χ2v) is 4.29. The molecule has 0 saturated heterocycles. The Balaban J connectivity index is 1.85. The number of nitrogens with one attached hydrogen (secondary N) is 1. The molecule has 98 valence electrons. The molecule has 0 saturated carbocycles. The molecule has 0 unspecified atom stereocenters. The zero-order chi connectivity index (χ0) is 12.8. The summed E-state index contributed by atoms with van der Waals surface area (Å²) in [6.07, 6.45) is 3.78. The second kappa shape index (κ2) is 6.37. The molecule has 0 aliphatic heterocycles. The van der Waals surface area contributed by atoms with Crippen LogP contribution in [0, 0.1) is 0 Å². The highest BCUT2D eigenvalue weighted by atomic mass is 16.5. The van der Waals surface area contributed by atoms with Crippen LogP contribution < -0.4 is 5.32 Å². The molecule has 2 rings (SSSR count). The molecule has 0 fully saturated rings. The molecule has 2 aromatic rings. The maximum Gasteiger partial charge on any atom is 0.138 e. The van der Waals surface area contributed by atoms with Crippen LogP contribution in [0.15, 0.2) is 30.6 Å². The number of hydrogen-bond acceptors (Lipinski definition) is 4. The topological polar surface area (TPSA) is 41.8 Å². The minimum Gasteiger partial charge on any atom is -0.383 e. The molecule has 2 heterocycles. The molecule has 0 amide bonds. The number of rotatable bonds is 7. The number of methoxy groups -OCH3 is 1. The van der Waals surface area contributed by atoms with Gasteiger partial charge in [-0.2, -0.15) is 0 Å². The van der Waals surface area contributed by atoms with E-state index in [9.17, 15) is 0 Å². The van der Waals surface area contributed by atoms with E-state index in [4.69, 9.17) is 4.74 Å². The molecule has 5 heteroatoms. The summed E-state index contributed by atoms with van der Waals surface area (Å²) in [5.41, 5.74) is 0.965. The first-order valence-electron chi connectivity index (χ1n) is 6.14. The third kappa shape index (κ3) is 3.21. The Labute approximate surface area is 107 Å². The molecule has 0 atom stereocenters. The van der Waals surface area contributed by atoms with Crippen LogP contribution in [0.3, 0.4) is 0 Å². The Morgan fingerprint density at radius 2 is 2.28 bits per heavy atom. The molecule has 0 radical (unpaired) electrons. The Morgan fingerprint density at radius 3 is 3.11 bits per heavy atom. The highest BCUT2D eigenvalue weighted by Crippen LogP contribution is 2.10. The number of aromatic nitrogens is 2. The van der Waals surface area contributed by atoms with Gasteiger partial charge in [-0.1, -0.05) is 6.07 Å². The van der Waals surface area contributed by atoms with Crippen molar-refractivity contribution in [2.24, 2.45) is 0 Å². The molecule has 0 spiro atoms. The molecule has 0 aliphatic carbocycles. The fourth-order valence-corrected chi connectivity index (χ4v) is 1.83. The lowest BCUT2D eigenvalue weighted by atomic mass is 10.4. The first-order valence-corrected chi connectivity index (χ1v) is 6.14. The van der Waals surface area contributed by atoms with Crippen molar-refractivity contribution in [2.45, 2.75) is 0 Å². The van der Waals surface area contributed by atoms with Crippen LogP contribution in [0.25, 0.3) is 5.65 Å². The van der Waals surface area contributed by atoms with E-state index in [1.807, 2.05) is 24.5 Å². The maximum absolute atomic E-state index is 5.05. The van der Waals surface area contributed by atoms with Gasteiger partial charge in [0.15, 0.2) is 0 Å². The Bertz CT molecular complexity index is 483. The number of likely N-dealkylation sites (N-methyl/N-ethyl adjacent to an activating group) is 1. The summed E-state index contributed by atoms with van der Waals surface area (Å²) in [4.78, 5) is 6.50. The van der Waals surface area contributed by atoms with Gasteiger partial charge in [0.1, 0.15) is 11.5 Å². The lowest BCUT2D eigenvalue weighted by Crippen LogP contribution is -2.28. The molecule has 0 aliphatic rings. The average molecular weight is 248 g/mol. The number of ether oxygens (including phenoxy) is 1. The molecular weight excluding hydrogens is 228 g/mol. The molecule has 0 bridgehead atoms. The van der Waals surface area contributed by atoms with Gasteiger partial charge in [-0.15, -0.1) is 0 Å². The summed E-state index contributed by atoms with van der Waals surface area (Å²) < 4.78 is 7.10. The zero-order valence-electron chi connectivity index (χ0n) is 11.0. The van der Waals surface area contributed by atoms with Crippen molar-refractivity contribution in [3.8, 4) is 0 Å². The Morgan fingerprint density at radius 1 is 1.39 bits per heavy atom. The van der Waals surface area contributed by atoms with E-state index in [2.05, 4.69) is 32.7 Å². The Kier molecular flexibility index (Phi) is 4.55.